The Hall–Kier alpha value is -1.78. The average Bonchev–Trinajstić information content (AvgIpc) is 3.09. The molecule has 0 radical (unpaired) electrons. The second-order valence-corrected chi connectivity index (χ2v) is 14.9. The fourth-order valence-electron chi connectivity index (χ4n) is 5.34. The molecule has 0 amide bonds. The molecule has 0 bridgehead atoms. The number of phosphoric acid groups is 1. The number of rotatable bonds is 37. The van der Waals surface area contributed by atoms with E-state index in [4.69, 9.17) is 24.8 Å². The van der Waals surface area contributed by atoms with Crippen molar-refractivity contribution in [2.75, 3.05) is 19.8 Å². The van der Waals surface area contributed by atoms with Gasteiger partial charge in [-0.25, -0.2) is 4.57 Å². The molecule has 0 spiro atoms. The van der Waals surface area contributed by atoms with E-state index in [9.17, 15) is 23.8 Å². The molecular weight excluding hydrogens is 661 g/mol. The normalized spacial score (nSPS) is 14.0. The van der Waals surface area contributed by atoms with Crippen molar-refractivity contribution in [2.45, 2.75) is 193 Å². The summed E-state index contributed by atoms with van der Waals surface area (Å²) in [6.07, 6.45) is 31.4. The van der Waals surface area contributed by atoms with Crippen LogP contribution in [0.1, 0.15) is 181 Å². The summed E-state index contributed by atoms with van der Waals surface area (Å²) in [6.45, 7) is 2.75. The number of phosphoric ester groups is 1. The minimum absolute atomic E-state index is 0.154. The number of esters is 2. The van der Waals surface area contributed by atoms with Gasteiger partial charge in [0.05, 0.1) is 13.2 Å². The monoisotopic (exact) mass is 733 g/mol. The highest BCUT2D eigenvalue weighted by Gasteiger charge is 2.28. The number of carboxylic acid groups (broad SMARTS) is 1. The van der Waals surface area contributed by atoms with E-state index in [1.165, 1.54) is 83.5 Å². The van der Waals surface area contributed by atoms with Crippen LogP contribution in [0, 0.1) is 0 Å². The zero-order chi connectivity index (χ0) is 37.1. The maximum absolute atomic E-state index is 12.5. The van der Waals surface area contributed by atoms with E-state index < -0.39 is 51.1 Å². The molecule has 0 aromatic carbocycles. The van der Waals surface area contributed by atoms with Crippen molar-refractivity contribution in [3.8, 4) is 0 Å². The number of carbonyl (C=O) groups excluding carboxylic acids is 2. The summed E-state index contributed by atoms with van der Waals surface area (Å²) in [4.78, 5) is 45.7. The lowest BCUT2D eigenvalue weighted by molar-refractivity contribution is -0.161. The lowest BCUT2D eigenvalue weighted by atomic mass is 10.0. The zero-order valence-electron chi connectivity index (χ0n) is 31.5. The van der Waals surface area contributed by atoms with Gasteiger partial charge in [-0.1, -0.05) is 148 Å². The molecule has 12 heteroatoms. The van der Waals surface area contributed by atoms with Crippen LogP contribution >= 0.6 is 7.82 Å². The number of ether oxygens (including phenoxy) is 2. The Morgan fingerprint density at radius 3 is 1.52 bits per heavy atom. The Morgan fingerprint density at radius 2 is 1.02 bits per heavy atom. The van der Waals surface area contributed by atoms with Gasteiger partial charge in [-0.15, -0.1) is 0 Å². The Balaban J connectivity index is 4.38. The Kier molecular flexibility index (Phi) is 33.1. The third-order valence-electron chi connectivity index (χ3n) is 8.51. The standard InChI is InChI=1S/C38H72NO10P/c1-3-5-7-9-11-13-15-16-17-18-20-21-23-25-27-29-36(40)46-31-34(32-47-50(44,45)48-33-35(39)38(42)43)49-37(41)30-28-26-24-22-19-14-12-10-8-6-4-2/h10,12,34-35H,3-9,11,13-33,39H2,1-2H3,(H,42,43)(H,44,45)/b12-10-. The summed E-state index contributed by atoms with van der Waals surface area (Å²) in [6, 6.07) is -1.52. The van der Waals surface area contributed by atoms with Crippen LogP contribution < -0.4 is 5.73 Å². The van der Waals surface area contributed by atoms with Crippen molar-refractivity contribution < 1.29 is 47.5 Å². The molecule has 3 atom stereocenters. The van der Waals surface area contributed by atoms with Crippen molar-refractivity contribution in [1.82, 2.24) is 0 Å². The lowest BCUT2D eigenvalue weighted by Crippen LogP contribution is -2.34. The molecule has 11 nitrogen and oxygen atoms in total. The van der Waals surface area contributed by atoms with Crippen molar-refractivity contribution in [3.05, 3.63) is 12.2 Å². The largest absolute Gasteiger partial charge is 0.480 e. The Labute approximate surface area is 303 Å². The number of carbonyl (C=O) groups is 3. The molecule has 0 saturated heterocycles. The molecule has 0 fully saturated rings. The van der Waals surface area contributed by atoms with Crippen LogP contribution in [0.25, 0.3) is 0 Å². The average molecular weight is 734 g/mol. The first kappa shape index (κ1) is 48.2. The molecule has 294 valence electrons. The van der Waals surface area contributed by atoms with Crippen LogP contribution in [-0.2, 0) is 37.5 Å². The van der Waals surface area contributed by atoms with Crippen LogP contribution in [0.2, 0.25) is 0 Å². The van der Waals surface area contributed by atoms with Crippen LogP contribution in [0.15, 0.2) is 12.2 Å². The van der Waals surface area contributed by atoms with Gasteiger partial charge in [0.1, 0.15) is 12.6 Å². The van der Waals surface area contributed by atoms with Gasteiger partial charge in [-0.3, -0.25) is 23.4 Å². The molecule has 50 heavy (non-hydrogen) atoms. The van der Waals surface area contributed by atoms with E-state index in [1.54, 1.807) is 0 Å². The predicted molar refractivity (Wildman–Crippen MR) is 199 cm³/mol. The maximum Gasteiger partial charge on any atom is 0.472 e. The van der Waals surface area contributed by atoms with E-state index in [2.05, 4.69) is 30.5 Å². The Morgan fingerprint density at radius 1 is 0.600 bits per heavy atom. The zero-order valence-corrected chi connectivity index (χ0v) is 32.4. The lowest BCUT2D eigenvalue weighted by Gasteiger charge is -2.20. The fraction of sp³-hybridized carbons (Fsp3) is 0.868. The Bertz CT molecular complexity index is 916. The minimum atomic E-state index is -4.71. The molecule has 0 aromatic heterocycles. The van der Waals surface area contributed by atoms with Gasteiger partial charge in [0, 0.05) is 12.8 Å². The van der Waals surface area contributed by atoms with E-state index in [0.717, 1.165) is 57.8 Å². The van der Waals surface area contributed by atoms with Crippen LogP contribution in [0.4, 0.5) is 0 Å². The van der Waals surface area contributed by atoms with Gasteiger partial charge in [-0.05, 0) is 32.1 Å². The summed E-state index contributed by atoms with van der Waals surface area (Å²) < 4.78 is 32.5. The van der Waals surface area contributed by atoms with E-state index in [1.807, 2.05) is 0 Å². The molecular formula is C38H72NO10P. The third-order valence-corrected chi connectivity index (χ3v) is 9.46. The van der Waals surface area contributed by atoms with Crippen LogP contribution in [0.3, 0.4) is 0 Å². The van der Waals surface area contributed by atoms with E-state index in [0.29, 0.717) is 12.8 Å². The third kappa shape index (κ3) is 33.4. The minimum Gasteiger partial charge on any atom is -0.480 e. The molecule has 3 unspecified atom stereocenters. The van der Waals surface area contributed by atoms with Crippen molar-refractivity contribution in [1.29, 1.82) is 0 Å². The topological polar surface area (TPSA) is 172 Å². The van der Waals surface area contributed by atoms with Gasteiger partial charge in [-0.2, -0.15) is 0 Å². The first-order chi connectivity index (χ1) is 24.1. The number of allylic oxidation sites excluding steroid dienone is 2. The predicted octanol–water partition coefficient (Wildman–Crippen LogP) is 9.73. The molecule has 0 aliphatic rings. The molecule has 0 aromatic rings. The quantitative estimate of drug-likeness (QED) is 0.0240. The SMILES string of the molecule is CCCC/C=C\CCCCCCCC(=O)OC(COC(=O)CCCCCCCCCCCCCCCCC)COP(=O)(O)OCC(N)C(=O)O. The molecule has 0 aliphatic carbocycles. The van der Waals surface area contributed by atoms with E-state index >= 15 is 0 Å². The summed E-state index contributed by atoms with van der Waals surface area (Å²) in [5, 5.41) is 8.85. The number of hydrogen-bond acceptors (Lipinski definition) is 9. The van der Waals surface area contributed by atoms with Gasteiger partial charge >= 0.3 is 25.7 Å². The summed E-state index contributed by atoms with van der Waals surface area (Å²) in [7, 11) is -4.71. The number of hydrogen-bond donors (Lipinski definition) is 3. The summed E-state index contributed by atoms with van der Waals surface area (Å²) in [5.74, 6) is -2.38. The van der Waals surface area contributed by atoms with Gasteiger partial charge in [0.15, 0.2) is 6.10 Å². The summed E-state index contributed by atoms with van der Waals surface area (Å²) in [5.41, 5.74) is 5.31. The van der Waals surface area contributed by atoms with Crippen molar-refractivity contribution in [2.24, 2.45) is 5.73 Å². The molecule has 0 heterocycles. The number of aliphatic carboxylic acids is 1. The molecule has 4 N–H and O–H groups in total. The number of unbranched alkanes of at least 4 members (excludes halogenated alkanes) is 21. The first-order valence-electron chi connectivity index (χ1n) is 19.7. The highest BCUT2D eigenvalue weighted by molar-refractivity contribution is 7.47. The smallest absolute Gasteiger partial charge is 0.472 e. The number of carboxylic acids is 1. The molecule has 0 saturated carbocycles. The van der Waals surface area contributed by atoms with Gasteiger partial charge in [0.25, 0.3) is 0 Å². The number of nitrogens with two attached hydrogens (primary N) is 1. The molecule has 0 rings (SSSR count). The highest BCUT2D eigenvalue weighted by Crippen LogP contribution is 2.43. The fourth-order valence-corrected chi connectivity index (χ4v) is 6.12. The second kappa shape index (κ2) is 34.3. The second-order valence-electron chi connectivity index (χ2n) is 13.4. The van der Waals surface area contributed by atoms with Crippen LogP contribution in [0.5, 0.6) is 0 Å². The van der Waals surface area contributed by atoms with Gasteiger partial charge in [0.2, 0.25) is 0 Å². The molecule has 0 aliphatic heterocycles. The maximum atomic E-state index is 12.5. The summed E-state index contributed by atoms with van der Waals surface area (Å²) >= 11 is 0. The van der Waals surface area contributed by atoms with Crippen molar-refractivity contribution in [3.63, 3.8) is 0 Å². The first-order valence-corrected chi connectivity index (χ1v) is 21.2. The van der Waals surface area contributed by atoms with Crippen molar-refractivity contribution >= 4 is 25.7 Å². The van der Waals surface area contributed by atoms with E-state index in [-0.39, 0.29) is 19.4 Å². The van der Waals surface area contributed by atoms with Gasteiger partial charge < -0.3 is 25.2 Å². The van der Waals surface area contributed by atoms with Crippen LogP contribution in [-0.4, -0.2) is 59.9 Å². The highest BCUT2D eigenvalue weighted by atomic mass is 31.2.